The highest BCUT2D eigenvalue weighted by molar-refractivity contribution is 9.03. The number of unbranched alkanes of at least 4 members (excludes halogenated alkanes) is 20. The molecular formula is C34H68N2O4P2S7. The quantitative estimate of drug-likeness (QED) is 0.0361. The summed E-state index contributed by atoms with van der Waals surface area (Å²) in [6.45, 7) is 11.6. The van der Waals surface area contributed by atoms with Crippen LogP contribution < -0.4 is 0 Å². The lowest BCUT2D eigenvalue weighted by atomic mass is 10.1. The van der Waals surface area contributed by atoms with Crippen LogP contribution >= 0.6 is 65.1 Å². The first-order valence-electron chi connectivity index (χ1n) is 19.2. The first-order valence-corrected chi connectivity index (χ1v) is 30.8. The van der Waals surface area contributed by atoms with Crippen molar-refractivity contribution < 1.29 is 18.1 Å². The SMILES string of the molecule is CCCCCCCCOP(=S)(OCCCCCCCC)SSc1nnc(SSP(=S)(OCCCCCCCC)OCCCCCCCC)s1. The Balaban J connectivity index is 2.66. The minimum Gasteiger partial charge on any atom is -0.321 e. The minimum atomic E-state index is -2.50. The number of nitrogens with zero attached hydrogens (tertiary/aromatic N) is 2. The summed E-state index contributed by atoms with van der Waals surface area (Å²) in [4.78, 5) is 0. The Hall–Kier alpha value is 2.10. The second kappa shape index (κ2) is 34.6. The molecule has 0 atom stereocenters. The topological polar surface area (TPSA) is 62.7 Å². The van der Waals surface area contributed by atoms with E-state index in [4.69, 9.17) is 41.7 Å². The molecule has 1 rings (SSSR count). The molecule has 15 heteroatoms. The highest BCUT2D eigenvalue weighted by atomic mass is 33.4. The molecule has 290 valence electrons. The van der Waals surface area contributed by atoms with E-state index in [2.05, 4.69) is 37.9 Å². The fraction of sp³-hybridized carbons (Fsp3) is 0.941. The molecule has 0 aliphatic rings. The molecular weight excluding hydrogens is 787 g/mol. The standard InChI is InChI=1S/C34H68N2O4P2S7/c1-5-9-13-17-21-25-29-37-41(43,38-30-26-22-18-14-10-6-2)48-46-33-35-36-34(45-33)47-49-42(44,39-31-27-23-19-15-11-7-3)40-32-28-24-20-16-12-8-4/h5-32H2,1-4H3. The lowest BCUT2D eigenvalue weighted by Gasteiger charge is -2.20. The monoisotopic (exact) mass is 854 g/mol. The van der Waals surface area contributed by atoms with Gasteiger partial charge in [-0.1, -0.05) is 167 Å². The molecule has 0 N–H and O–H groups in total. The highest BCUT2D eigenvalue weighted by Gasteiger charge is 2.25. The average molecular weight is 855 g/mol. The van der Waals surface area contributed by atoms with Crippen LogP contribution in [-0.2, 0) is 41.7 Å². The zero-order valence-electron chi connectivity index (χ0n) is 31.1. The van der Waals surface area contributed by atoms with Crippen LogP contribution in [0.1, 0.15) is 182 Å². The summed E-state index contributed by atoms with van der Waals surface area (Å²) in [5, 5.41) is 8.90. The maximum atomic E-state index is 6.30. The Labute approximate surface area is 331 Å². The lowest BCUT2D eigenvalue weighted by Crippen LogP contribution is -1.97. The Morgan fingerprint density at radius 1 is 0.429 bits per heavy atom. The molecule has 6 nitrogen and oxygen atoms in total. The molecule has 0 bridgehead atoms. The van der Waals surface area contributed by atoms with Gasteiger partial charge in [0, 0.05) is 20.8 Å². The van der Waals surface area contributed by atoms with Gasteiger partial charge < -0.3 is 18.1 Å². The fourth-order valence-corrected chi connectivity index (χ4v) is 19.9. The summed E-state index contributed by atoms with van der Waals surface area (Å²) >= 11 is 13.6. The molecule has 0 saturated heterocycles. The van der Waals surface area contributed by atoms with E-state index in [1.807, 2.05) is 0 Å². The van der Waals surface area contributed by atoms with Crippen molar-refractivity contribution in [3.63, 3.8) is 0 Å². The van der Waals surface area contributed by atoms with Crippen molar-refractivity contribution in [2.75, 3.05) is 26.4 Å². The van der Waals surface area contributed by atoms with E-state index in [1.54, 1.807) is 11.3 Å². The fourth-order valence-electron chi connectivity index (χ4n) is 4.82. The van der Waals surface area contributed by atoms with Crippen LogP contribution in [0.15, 0.2) is 8.68 Å². The van der Waals surface area contributed by atoms with Crippen LogP contribution in [0.2, 0.25) is 0 Å². The van der Waals surface area contributed by atoms with E-state index in [9.17, 15) is 0 Å². The average Bonchev–Trinajstić information content (AvgIpc) is 3.57. The largest absolute Gasteiger partial charge is 0.321 e. The summed E-state index contributed by atoms with van der Waals surface area (Å²) < 4.78 is 26.9. The van der Waals surface area contributed by atoms with Gasteiger partial charge in [-0.25, -0.2) is 0 Å². The Kier molecular flexibility index (Phi) is 34.7. The van der Waals surface area contributed by atoms with Gasteiger partial charge in [-0.05, 0) is 70.9 Å². The van der Waals surface area contributed by atoms with Crippen molar-refractivity contribution in [3.05, 3.63) is 0 Å². The Morgan fingerprint density at radius 2 is 0.673 bits per heavy atom. The van der Waals surface area contributed by atoms with Crippen molar-refractivity contribution in [1.29, 1.82) is 0 Å². The van der Waals surface area contributed by atoms with Crippen LogP contribution in [-0.4, -0.2) is 36.6 Å². The van der Waals surface area contributed by atoms with Gasteiger partial charge >= 0.3 is 0 Å². The highest BCUT2D eigenvalue weighted by Crippen LogP contribution is 2.69. The predicted octanol–water partition coefficient (Wildman–Crippen LogP) is 16.0. The number of rotatable bonds is 38. The van der Waals surface area contributed by atoms with Gasteiger partial charge in [0.25, 0.3) is 11.4 Å². The van der Waals surface area contributed by atoms with Crippen LogP contribution in [0.5, 0.6) is 0 Å². The first-order chi connectivity index (χ1) is 23.9. The van der Waals surface area contributed by atoms with E-state index >= 15 is 0 Å². The van der Waals surface area contributed by atoms with Crippen LogP contribution in [0.25, 0.3) is 0 Å². The second-order valence-corrected chi connectivity index (χ2v) is 29.9. The minimum absolute atomic E-state index is 0.656. The molecule has 0 fully saturated rings. The van der Waals surface area contributed by atoms with Crippen molar-refractivity contribution in [3.8, 4) is 0 Å². The molecule has 0 spiro atoms. The van der Waals surface area contributed by atoms with Crippen LogP contribution in [0.3, 0.4) is 0 Å². The Bertz CT molecular complexity index is 864. The molecule has 0 aromatic carbocycles. The third kappa shape index (κ3) is 29.1. The normalized spacial score (nSPS) is 12.3. The molecule has 0 saturated carbocycles. The Morgan fingerprint density at radius 3 is 0.939 bits per heavy atom. The van der Waals surface area contributed by atoms with Crippen LogP contribution in [0, 0.1) is 0 Å². The summed E-state index contributed by atoms with van der Waals surface area (Å²) in [6.07, 6.45) is 29.3. The summed E-state index contributed by atoms with van der Waals surface area (Å²) in [6, 6.07) is 0. The van der Waals surface area contributed by atoms with E-state index in [-0.39, 0.29) is 0 Å². The molecule has 0 amide bonds. The van der Waals surface area contributed by atoms with E-state index < -0.39 is 11.4 Å². The molecule has 0 radical (unpaired) electrons. The third-order valence-corrected chi connectivity index (χ3v) is 25.8. The van der Waals surface area contributed by atoms with Crippen LogP contribution in [0.4, 0.5) is 0 Å². The molecule has 0 aliphatic heterocycles. The predicted molar refractivity (Wildman–Crippen MR) is 233 cm³/mol. The van der Waals surface area contributed by atoms with E-state index in [0.717, 1.165) is 34.4 Å². The summed E-state index contributed by atoms with van der Waals surface area (Å²) in [7, 11) is 6.12. The third-order valence-electron chi connectivity index (χ3n) is 7.78. The zero-order valence-corrected chi connectivity index (χ0v) is 38.6. The first kappa shape index (κ1) is 49.1. The number of aromatic nitrogens is 2. The lowest BCUT2D eigenvalue weighted by molar-refractivity contribution is 0.249. The molecule has 49 heavy (non-hydrogen) atoms. The number of hydrogen-bond acceptors (Lipinski definition) is 13. The van der Waals surface area contributed by atoms with Crippen molar-refractivity contribution in [1.82, 2.24) is 10.2 Å². The van der Waals surface area contributed by atoms with Gasteiger partial charge in [-0.3, -0.25) is 0 Å². The summed E-state index contributed by atoms with van der Waals surface area (Å²) in [5.74, 6) is 0. The van der Waals surface area contributed by atoms with E-state index in [0.29, 0.717) is 26.4 Å². The van der Waals surface area contributed by atoms with Gasteiger partial charge in [0.2, 0.25) is 0 Å². The smallest absolute Gasteiger partial charge is 0.258 e. The van der Waals surface area contributed by atoms with Crippen molar-refractivity contribution in [2.24, 2.45) is 0 Å². The van der Waals surface area contributed by atoms with Gasteiger partial charge in [0.1, 0.15) is 0 Å². The molecule has 1 aromatic heterocycles. The second-order valence-electron chi connectivity index (χ2n) is 12.4. The molecule has 0 aliphatic carbocycles. The van der Waals surface area contributed by atoms with Gasteiger partial charge in [-0.2, -0.15) is 0 Å². The van der Waals surface area contributed by atoms with Crippen molar-refractivity contribution in [2.45, 2.75) is 190 Å². The maximum Gasteiger partial charge on any atom is 0.258 e. The molecule has 1 aromatic rings. The van der Waals surface area contributed by atoms with E-state index in [1.165, 1.54) is 171 Å². The van der Waals surface area contributed by atoms with Gasteiger partial charge in [-0.15, -0.1) is 10.2 Å². The summed E-state index contributed by atoms with van der Waals surface area (Å²) in [5.41, 5.74) is -5.00. The van der Waals surface area contributed by atoms with Gasteiger partial charge in [0.05, 0.1) is 26.4 Å². The maximum absolute atomic E-state index is 6.30. The molecule has 1 heterocycles. The number of hydrogen-bond donors (Lipinski definition) is 0. The van der Waals surface area contributed by atoms with Gasteiger partial charge in [0.15, 0.2) is 8.68 Å². The molecule has 0 unspecified atom stereocenters. The zero-order chi connectivity index (χ0) is 35.7. The van der Waals surface area contributed by atoms with Crippen molar-refractivity contribution >= 4 is 88.8 Å².